The first-order valence-electron chi connectivity index (χ1n) is 11.1. The minimum atomic E-state index is -0.00780. The molecule has 1 aliphatic heterocycles. The number of hydrogen-bond acceptors (Lipinski definition) is 4. The summed E-state index contributed by atoms with van der Waals surface area (Å²) in [5.74, 6) is 0.907. The predicted octanol–water partition coefficient (Wildman–Crippen LogP) is 5.88. The van der Waals surface area contributed by atoms with Gasteiger partial charge in [-0.2, -0.15) is 0 Å². The standard InChI is InChI=1S/C25H30ClN3O2S/c1-18-21(26)8-5-9-22(18)27-25(32)29(12-6-11-28-13-15-30-16-14-28)19(2)24-17-20-7-3-4-10-23(20)31-24/h3-5,7-10,17,19H,6,11-16H2,1-2H3,(H,27,32)/t19-/m0/s1. The van der Waals surface area contributed by atoms with Crippen LogP contribution in [-0.2, 0) is 4.74 Å². The van der Waals surface area contributed by atoms with Gasteiger partial charge in [0.05, 0.1) is 19.3 Å². The zero-order chi connectivity index (χ0) is 22.5. The highest BCUT2D eigenvalue weighted by molar-refractivity contribution is 7.80. The van der Waals surface area contributed by atoms with Crippen molar-refractivity contribution in [3.8, 4) is 0 Å². The van der Waals surface area contributed by atoms with Gasteiger partial charge in [0.1, 0.15) is 11.3 Å². The van der Waals surface area contributed by atoms with Crippen LogP contribution in [0, 0.1) is 6.92 Å². The summed E-state index contributed by atoms with van der Waals surface area (Å²) in [5.41, 5.74) is 2.81. The van der Waals surface area contributed by atoms with Gasteiger partial charge in [-0.05, 0) is 62.3 Å². The van der Waals surface area contributed by atoms with E-state index in [0.29, 0.717) is 5.11 Å². The average Bonchev–Trinajstić information content (AvgIpc) is 3.24. The van der Waals surface area contributed by atoms with Gasteiger partial charge < -0.3 is 19.4 Å². The number of anilines is 1. The van der Waals surface area contributed by atoms with Crippen LogP contribution in [0.2, 0.25) is 5.02 Å². The molecule has 0 aliphatic carbocycles. The monoisotopic (exact) mass is 471 g/mol. The van der Waals surface area contributed by atoms with Crippen molar-refractivity contribution in [3.05, 3.63) is 64.9 Å². The summed E-state index contributed by atoms with van der Waals surface area (Å²) in [4.78, 5) is 4.67. The number of thiocarbonyl (C=S) groups is 1. The minimum absolute atomic E-state index is 0.00780. The van der Waals surface area contributed by atoms with E-state index in [1.54, 1.807) is 0 Å². The second kappa shape index (κ2) is 10.7. The third-order valence-electron chi connectivity index (χ3n) is 6.07. The van der Waals surface area contributed by atoms with Crippen LogP contribution in [0.5, 0.6) is 0 Å². The van der Waals surface area contributed by atoms with Crippen LogP contribution in [0.25, 0.3) is 11.0 Å². The number of nitrogens with zero attached hydrogens (tertiary/aromatic N) is 2. The molecule has 1 fully saturated rings. The Morgan fingerprint density at radius 2 is 1.97 bits per heavy atom. The van der Waals surface area contributed by atoms with Crippen molar-refractivity contribution in [2.75, 3.05) is 44.7 Å². The van der Waals surface area contributed by atoms with Crippen LogP contribution in [-0.4, -0.2) is 54.3 Å². The fourth-order valence-electron chi connectivity index (χ4n) is 4.05. The van der Waals surface area contributed by atoms with Crippen LogP contribution in [0.3, 0.4) is 0 Å². The molecule has 0 bridgehead atoms. The summed E-state index contributed by atoms with van der Waals surface area (Å²) in [6.45, 7) is 9.59. The Balaban J connectivity index is 1.51. The van der Waals surface area contributed by atoms with Gasteiger partial charge >= 0.3 is 0 Å². The van der Waals surface area contributed by atoms with E-state index in [-0.39, 0.29) is 6.04 Å². The number of ether oxygens (including phenoxy) is 1. The minimum Gasteiger partial charge on any atom is -0.459 e. The molecule has 1 aliphatic rings. The Morgan fingerprint density at radius 1 is 1.19 bits per heavy atom. The zero-order valence-electron chi connectivity index (χ0n) is 18.6. The largest absolute Gasteiger partial charge is 0.459 e. The van der Waals surface area contributed by atoms with Crippen molar-refractivity contribution in [1.82, 2.24) is 9.80 Å². The van der Waals surface area contributed by atoms with Crippen molar-refractivity contribution in [2.45, 2.75) is 26.3 Å². The van der Waals surface area contributed by atoms with Gasteiger partial charge in [-0.3, -0.25) is 4.90 Å². The fourth-order valence-corrected chi connectivity index (χ4v) is 4.59. The summed E-state index contributed by atoms with van der Waals surface area (Å²) in [5, 5.41) is 5.92. The maximum Gasteiger partial charge on any atom is 0.174 e. The summed E-state index contributed by atoms with van der Waals surface area (Å²) in [6.07, 6.45) is 1.00. The number of para-hydroxylation sites is 1. The first-order chi connectivity index (χ1) is 15.5. The lowest BCUT2D eigenvalue weighted by atomic mass is 10.1. The molecule has 32 heavy (non-hydrogen) atoms. The van der Waals surface area contributed by atoms with Crippen LogP contribution >= 0.6 is 23.8 Å². The van der Waals surface area contributed by atoms with E-state index in [9.17, 15) is 0 Å². The van der Waals surface area contributed by atoms with E-state index in [1.807, 2.05) is 43.3 Å². The van der Waals surface area contributed by atoms with Gasteiger partial charge in [0, 0.05) is 42.3 Å². The van der Waals surface area contributed by atoms with Crippen LogP contribution < -0.4 is 5.32 Å². The molecular weight excluding hydrogens is 442 g/mol. The Labute approximate surface area is 200 Å². The van der Waals surface area contributed by atoms with E-state index in [4.69, 9.17) is 33.0 Å². The van der Waals surface area contributed by atoms with E-state index in [1.165, 1.54) is 0 Å². The maximum absolute atomic E-state index is 6.32. The highest BCUT2D eigenvalue weighted by Gasteiger charge is 2.23. The van der Waals surface area contributed by atoms with Gasteiger partial charge in [-0.15, -0.1) is 0 Å². The summed E-state index contributed by atoms with van der Waals surface area (Å²) in [6, 6.07) is 16.0. The van der Waals surface area contributed by atoms with Gasteiger partial charge in [0.25, 0.3) is 0 Å². The third-order valence-corrected chi connectivity index (χ3v) is 6.82. The molecule has 1 aromatic heterocycles. The van der Waals surface area contributed by atoms with E-state index >= 15 is 0 Å². The molecule has 0 unspecified atom stereocenters. The highest BCUT2D eigenvalue weighted by Crippen LogP contribution is 2.29. The second-order valence-corrected chi connectivity index (χ2v) is 9.00. The molecule has 2 aromatic carbocycles. The first-order valence-corrected chi connectivity index (χ1v) is 11.9. The molecule has 170 valence electrons. The van der Waals surface area contributed by atoms with Gasteiger partial charge in [-0.1, -0.05) is 35.9 Å². The molecule has 3 aromatic rings. The van der Waals surface area contributed by atoms with Crippen LogP contribution in [0.1, 0.15) is 30.7 Å². The zero-order valence-corrected chi connectivity index (χ0v) is 20.2. The maximum atomic E-state index is 6.32. The Bertz CT molecular complexity index is 1030. The molecule has 1 N–H and O–H groups in total. The molecule has 7 heteroatoms. The second-order valence-electron chi connectivity index (χ2n) is 8.21. The molecule has 0 saturated carbocycles. The average molecular weight is 472 g/mol. The number of furan rings is 1. The van der Waals surface area contributed by atoms with Gasteiger partial charge in [-0.25, -0.2) is 0 Å². The SMILES string of the molecule is Cc1c(Cl)cccc1NC(=S)N(CCCN1CCOCC1)[C@@H](C)c1cc2ccccc2o1. The number of hydrogen-bond donors (Lipinski definition) is 1. The molecule has 0 amide bonds. The van der Waals surface area contributed by atoms with Crippen molar-refractivity contribution in [2.24, 2.45) is 0 Å². The summed E-state index contributed by atoms with van der Waals surface area (Å²) < 4.78 is 11.6. The van der Waals surface area contributed by atoms with E-state index < -0.39 is 0 Å². The first kappa shape index (κ1) is 23.1. The molecule has 1 saturated heterocycles. The Hall–Kier alpha value is -2.12. The predicted molar refractivity (Wildman–Crippen MR) is 136 cm³/mol. The fraction of sp³-hybridized carbons (Fsp3) is 0.400. The topological polar surface area (TPSA) is 40.9 Å². The van der Waals surface area contributed by atoms with E-state index in [0.717, 1.165) is 78.8 Å². The highest BCUT2D eigenvalue weighted by atomic mass is 35.5. The van der Waals surface area contributed by atoms with Crippen LogP contribution in [0.15, 0.2) is 52.9 Å². The molecular formula is C25H30ClN3O2S. The number of fused-ring (bicyclic) bond motifs is 1. The van der Waals surface area contributed by atoms with Crippen LogP contribution in [0.4, 0.5) is 5.69 Å². The van der Waals surface area contributed by atoms with Crippen molar-refractivity contribution >= 4 is 45.6 Å². The molecule has 4 rings (SSSR count). The molecule has 5 nitrogen and oxygen atoms in total. The third kappa shape index (κ3) is 5.44. The summed E-state index contributed by atoms with van der Waals surface area (Å²) >= 11 is 12.2. The lowest BCUT2D eigenvalue weighted by Gasteiger charge is -2.33. The number of benzene rings is 2. The van der Waals surface area contributed by atoms with Gasteiger partial charge in [0.15, 0.2) is 5.11 Å². The number of morpholine rings is 1. The Kier molecular flexibility index (Phi) is 7.68. The lowest BCUT2D eigenvalue weighted by Crippen LogP contribution is -2.41. The molecule has 1 atom stereocenters. The number of rotatable bonds is 7. The number of nitrogens with one attached hydrogen (secondary N) is 1. The normalized spacial score (nSPS) is 15.6. The molecule has 2 heterocycles. The van der Waals surface area contributed by atoms with Crippen molar-refractivity contribution in [1.29, 1.82) is 0 Å². The smallest absolute Gasteiger partial charge is 0.174 e. The molecule has 0 spiro atoms. The van der Waals surface area contributed by atoms with Crippen molar-refractivity contribution in [3.63, 3.8) is 0 Å². The lowest BCUT2D eigenvalue weighted by molar-refractivity contribution is 0.0365. The van der Waals surface area contributed by atoms with E-state index in [2.05, 4.69) is 34.2 Å². The quantitative estimate of drug-likeness (QED) is 0.434. The van der Waals surface area contributed by atoms with Crippen molar-refractivity contribution < 1.29 is 9.15 Å². The summed E-state index contributed by atoms with van der Waals surface area (Å²) in [7, 11) is 0. The van der Waals surface area contributed by atoms with Gasteiger partial charge in [0.2, 0.25) is 0 Å². The Morgan fingerprint density at radius 3 is 2.75 bits per heavy atom. The number of halogens is 1. The molecule has 0 radical (unpaired) electrons.